The van der Waals surface area contributed by atoms with Crippen molar-refractivity contribution in [2.24, 2.45) is 0 Å². The molecule has 1 fully saturated rings. The quantitative estimate of drug-likeness (QED) is 0.183. The SMILES string of the molecule is CC1(C)c2cccc(c2)Oc2cccc(c2)C(C)(C)N2[C]3=[Pt]=[C]4N(c5ccccc5N41)C1CCCC1N3c1ccccc12. The molecule has 4 heterocycles. The zero-order valence-electron chi connectivity index (χ0n) is 25.0. The molecule has 0 amide bonds. The van der Waals surface area contributed by atoms with Crippen LogP contribution in [0.4, 0.5) is 22.7 Å². The average molecular weight is 748 g/mol. The second-order valence-corrected chi connectivity index (χ2v) is 15.9. The summed E-state index contributed by atoms with van der Waals surface area (Å²) >= 11 is -0.622. The number of hydrogen-bond acceptors (Lipinski definition) is 5. The Morgan fingerprint density at radius 2 is 1.02 bits per heavy atom. The topological polar surface area (TPSA) is 22.2 Å². The average Bonchev–Trinajstić information content (AvgIpc) is 3.67. The molecule has 43 heavy (non-hydrogen) atoms. The van der Waals surface area contributed by atoms with E-state index in [0.29, 0.717) is 12.1 Å². The number of benzene rings is 4. The van der Waals surface area contributed by atoms with Crippen LogP contribution in [0.1, 0.15) is 58.1 Å². The molecule has 1 saturated carbocycles. The van der Waals surface area contributed by atoms with Gasteiger partial charge in [-0.2, -0.15) is 0 Å². The number of rotatable bonds is 0. The normalized spacial score (nSPS) is 23.9. The summed E-state index contributed by atoms with van der Waals surface area (Å²) in [5.41, 5.74) is 7.32. The van der Waals surface area contributed by atoms with Gasteiger partial charge in [0.2, 0.25) is 0 Å². The molecule has 6 bridgehead atoms. The first-order valence-corrected chi connectivity index (χ1v) is 17.7. The molecule has 1 aliphatic carbocycles. The molecule has 9 rings (SSSR count). The minimum absolute atomic E-state index is 0.291. The van der Waals surface area contributed by atoms with Gasteiger partial charge in [-0.3, -0.25) is 0 Å². The fraction of sp³-hybridized carbons (Fsp3) is 0.297. The Hall–Kier alpha value is -3.69. The fourth-order valence-corrected chi connectivity index (χ4v) is 12.6. The van der Waals surface area contributed by atoms with Crippen LogP contribution in [-0.4, -0.2) is 20.4 Å². The third-order valence-corrected chi connectivity index (χ3v) is 13.3. The second kappa shape index (κ2) is 8.92. The third kappa shape index (κ3) is 3.49. The van der Waals surface area contributed by atoms with Gasteiger partial charge in [0, 0.05) is 0 Å². The Kier molecular flexibility index (Phi) is 5.35. The molecule has 4 aromatic carbocycles. The Labute approximate surface area is 261 Å². The fourth-order valence-electron chi connectivity index (χ4n) is 7.94. The predicted molar refractivity (Wildman–Crippen MR) is 173 cm³/mol. The summed E-state index contributed by atoms with van der Waals surface area (Å²) in [4.78, 5) is 11.0. The minimum atomic E-state index is -0.622. The molecule has 4 aromatic rings. The van der Waals surface area contributed by atoms with E-state index in [0.717, 1.165) is 11.5 Å². The summed E-state index contributed by atoms with van der Waals surface area (Å²) in [6, 6.07) is 36.7. The van der Waals surface area contributed by atoms with Crippen LogP contribution in [-0.2, 0) is 28.7 Å². The summed E-state index contributed by atoms with van der Waals surface area (Å²) < 4.78 is 9.59. The van der Waals surface area contributed by atoms with Crippen molar-refractivity contribution in [3.05, 3.63) is 108 Å². The standard InChI is InChI=1S/C37H36N4O.Pt/c1-36(2)26-12-9-14-28(22-26)42-29-15-10-13-27(23-29)37(3,4)41-25-39(33-17-6-8-19-35(33)41)31-21-11-20-30(31)38-24-40(36)34-18-7-5-16-32(34)38;/h5-10,12-19,22-23,30-31H,11,20-21H2,1-4H3;. The van der Waals surface area contributed by atoms with Gasteiger partial charge in [-0.25, -0.2) is 0 Å². The van der Waals surface area contributed by atoms with Crippen molar-refractivity contribution in [1.82, 2.24) is 0 Å². The Morgan fingerprint density at radius 3 is 1.49 bits per heavy atom. The van der Waals surface area contributed by atoms with E-state index in [-0.39, 0.29) is 11.1 Å². The molecule has 0 radical (unpaired) electrons. The van der Waals surface area contributed by atoms with Crippen LogP contribution in [0.5, 0.6) is 11.5 Å². The number of para-hydroxylation sites is 4. The summed E-state index contributed by atoms with van der Waals surface area (Å²) in [5.74, 6) is 1.76. The van der Waals surface area contributed by atoms with Gasteiger partial charge in [0.25, 0.3) is 0 Å². The molecule has 2 unspecified atom stereocenters. The molecular formula is C37H36N4OPt. The van der Waals surface area contributed by atoms with Crippen LogP contribution < -0.4 is 24.3 Å². The predicted octanol–water partition coefficient (Wildman–Crippen LogP) is 7.81. The van der Waals surface area contributed by atoms with Crippen molar-refractivity contribution in [2.45, 2.75) is 70.1 Å². The van der Waals surface area contributed by atoms with E-state index < -0.39 is 17.6 Å². The number of fused-ring (bicyclic) bond motifs is 13. The monoisotopic (exact) mass is 747 g/mol. The number of ether oxygens (including phenoxy) is 1. The van der Waals surface area contributed by atoms with Gasteiger partial charge in [0.05, 0.1) is 0 Å². The molecule has 5 nitrogen and oxygen atoms in total. The van der Waals surface area contributed by atoms with E-state index in [4.69, 9.17) is 4.74 Å². The van der Waals surface area contributed by atoms with Gasteiger partial charge >= 0.3 is 263 Å². The van der Waals surface area contributed by atoms with Crippen LogP contribution >= 0.6 is 0 Å². The van der Waals surface area contributed by atoms with Crippen molar-refractivity contribution in [3.63, 3.8) is 0 Å². The van der Waals surface area contributed by atoms with E-state index in [1.807, 2.05) is 0 Å². The van der Waals surface area contributed by atoms with Gasteiger partial charge in [-0.1, -0.05) is 0 Å². The van der Waals surface area contributed by atoms with E-state index in [1.54, 1.807) is 0 Å². The molecule has 0 spiro atoms. The second-order valence-electron chi connectivity index (χ2n) is 13.3. The van der Waals surface area contributed by atoms with Gasteiger partial charge in [-0.15, -0.1) is 0 Å². The summed E-state index contributed by atoms with van der Waals surface area (Å²) in [5, 5.41) is 0. The van der Waals surface area contributed by atoms with Crippen molar-refractivity contribution >= 4 is 31.0 Å². The first-order valence-electron chi connectivity index (χ1n) is 15.4. The van der Waals surface area contributed by atoms with Gasteiger partial charge in [0.15, 0.2) is 0 Å². The van der Waals surface area contributed by atoms with Crippen molar-refractivity contribution in [2.75, 3.05) is 19.6 Å². The molecule has 0 aromatic heterocycles. The van der Waals surface area contributed by atoms with E-state index in [1.165, 1.54) is 61.4 Å². The number of hydrogen-bond donors (Lipinski definition) is 0. The van der Waals surface area contributed by atoms with Crippen LogP contribution in [0.15, 0.2) is 97.1 Å². The Balaban J connectivity index is 1.42. The maximum atomic E-state index is 6.60. The molecule has 0 saturated heterocycles. The molecule has 5 aliphatic rings. The molecular weight excluding hydrogens is 712 g/mol. The van der Waals surface area contributed by atoms with E-state index >= 15 is 0 Å². The van der Waals surface area contributed by atoms with E-state index in [9.17, 15) is 0 Å². The number of anilines is 4. The van der Waals surface area contributed by atoms with Crippen LogP contribution in [0, 0.1) is 0 Å². The van der Waals surface area contributed by atoms with Crippen LogP contribution in [0.25, 0.3) is 0 Å². The summed E-state index contributed by atoms with van der Waals surface area (Å²) in [6.07, 6.45) is 3.67. The first kappa shape index (κ1) is 25.8. The summed E-state index contributed by atoms with van der Waals surface area (Å²) in [7, 11) is 0. The van der Waals surface area contributed by atoms with Gasteiger partial charge < -0.3 is 0 Å². The zero-order chi connectivity index (χ0) is 29.1. The molecule has 6 heteroatoms. The Morgan fingerprint density at radius 1 is 0.581 bits per heavy atom. The van der Waals surface area contributed by atoms with Crippen molar-refractivity contribution in [1.29, 1.82) is 0 Å². The van der Waals surface area contributed by atoms with Crippen molar-refractivity contribution < 1.29 is 22.4 Å². The Bertz CT molecular complexity index is 1760. The molecule has 2 atom stereocenters. The van der Waals surface area contributed by atoms with Crippen LogP contribution in [0.2, 0.25) is 0 Å². The zero-order valence-corrected chi connectivity index (χ0v) is 27.3. The third-order valence-electron chi connectivity index (χ3n) is 10.2. The number of nitrogens with zero attached hydrogens (tertiary/aromatic N) is 4. The van der Waals surface area contributed by atoms with E-state index in [2.05, 4.69) is 144 Å². The van der Waals surface area contributed by atoms with Crippen LogP contribution in [0.3, 0.4) is 0 Å². The molecule has 4 aliphatic heterocycles. The molecule has 220 valence electrons. The summed E-state index contributed by atoms with van der Waals surface area (Å²) in [6.45, 7) is 9.56. The maximum absolute atomic E-state index is 6.60. The first-order chi connectivity index (χ1) is 20.8. The molecule has 0 N–H and O–H groups in total. The van der Waals surface area contributed by atoms with Crippen molar-refractivity contribution in [3.8, 4) is 11.5 Å². The van der Waals surface area contributed by atoms with Gasteiger partial charge in [0.1, 0.15) is 0 Å². The van der Waals surface area contributed by atoms with Gasteiger partial charge in [-0.05, 0) is 0 Å².